The first-order valence-electron chi connectivity index (χ1n) is 2.93. The Bertz CT molecular complexity index is 298. The summed E-state index contributed by atoms with van der Waals surface area (Å²) < 4.78 is 9.07. The zero-order valence-electron chi connectivity index (χ0n) is 5.84. The number of aryl methyl sites for hydroxylation is 1. The van der Waals surface area contributed by atoms with E-state index in [1.807, 2.05) is 0 Å². The van der Waals surface area contributed by atoms with Crippen LogP contribution in [0, 0.1) is 6.92 Å². The Hall–Kier alpha value is -1.52. The van der Waals surface area contributed by atoms with Crippen molar-refractivity contribution in [1.82, 2.24) is 5.32 Å². The topological polar surface area (TPSA) is 72.5 Å². The third-order valence-corrected chi connectivity index (χ3v) is 1.16. The van der Waals surface area contributed by atoms with Crippen LogP contribution in [-0.4, -0.2) is 6.41 Å². The number of hydrogen-bond donors (Lipinski definition) is 1. The molecule has 0 aliphatic carbocycles. The van der Waals surface area contributed by atoms with Crippen LogP contribution in [0.15, 0.2) is 13.6 Å². The Kier molecular flexibility index (Phi) is 2.10. The largest absolute Gasteiger partial charge is 0.519 e. The average Bonchev–Trinajstić information content (AvgIpc) is 2.26. The summed E-state index contributed by atoms with van der Waals surface area (Å²) in [7, 11) is 0. The van der Waals surface area contributed by atoms with Gasteiger partial charge in [-0.15, -0.1) is 0 Å². The van der Waals surface area contributed by atoms with Crippen LogP contribution in [0.3, 0.4) is 0 Å². The summed E-state index contributed by atoms with van der Waals surface area (Å²) in [4.78, 5) is 20.1. The first-order valence-corrected chi connectivity index (χ1v) is 2.93. The Morgan fingerprint density at radius 2 is 2.27 bits per heavy atom. The fraction of sp³-hybridized carbons (Fsp3) is 0.333. The molecule has 1 amide bonds. The second-order valence-corrected chi connectivity index (χ2v) is 1.89. The van der Waals surface area contributed by atoms with Crippen molar-refractivity contribution in [3.8, 4) is 0 Å². The summed E-state index contributed by atoms with van der Waals surface area (Å²) in [5.41, 5.74) is 0. The highest BCUT2D eigenvalue weighted by molar-refractivity contribution is 5.46. The van der Waals surface area contributed by atoms with Crippen LogP contribution in [0.5, 0.6) is 0 Å². The molecule has 0 saturated heterocycles. The SMILES string of the molecule is Cc1oc(=O)oc1CN[C]=O. The summed E-state index contributed by atoms with van der Waals surface area (Å²) in [6, 6.07) is 0. The van der Waals surface area contributed by atoms with Crippen LogP contribution in [0.2, 0.25) is 0 Å². The zero-order valence-corrected chi connectivity index (χ0v) is 5.84. The van der Waals surface area contributed by atoms with E-state index in [0.29, 0.717) is 11.5 Å². The van der Waals surface area contributed by atoms with Gasteiger partial charge in [0.1, 0.15) is 5.76 Å². The molecule has 0 saturated carbocycles. The lowest BCUT2D eigenvalue weighted by molar-refractivity contribution is 0.367. The average molecular weight is 156 g/mol. The third-order valence-electron chi connectivity index (χ3n) is 1.16. The van der Waals surface area contributed by atoms with E-state index in [0.717, 1.165) is 0 Å². The fourth-order valence-corrected chi connectivity index (χ4v) is 0.652. The van der Waals surface area contributed by atoms with Gasteiger partial charge in [-0.2, -0.15) is 0 Å². The van der Waals surface area contributed by atoms with Crippen molar-refractivity contribution >= 4 is 6.41 Å². The van der Waals surface area contributed by atoms with Gasteiger partial charge in [-0.3, -0.25) is 4.79 Å². The van der Waals surface area contributed by atoms with Gasteiger partial charge in [0.05, 0.1) is 6.54 Å². The minimum atomic E-state index is -0.759. The van der Waals surface area contributed by atoms with Gasteiger partial charge in [-0.1, -0.05) is 0 Å². The molecule has 1 radical (unpaired) electrons. The molecular formula is C6H6NO4. The molecule has 1 aromatic rings. The van der Waals surface area contributed by atoms with Crippen molar-refractivity contribution in [2.45, 2.75) is 13.5 Å². The second-order valence-electron chi connectivity index (χ2n) is 1.89. The number of hydrogen-bond acceptors (Lipinski definition) is 4. The van der Waals surface area contributed by atoms with Gasteiger partial charge in [0.15, 0.2) is 5.76 Å². The normalized spacial score (nSPS) is 9.55. The lowest BCUT2D eigenvalue weighted by atomic mass is 10.4. The lowest BCUT2D eigenvalue weighted by Gasteiger charge is -1.90. The summed E-state index contributed by atoms with van der Waals surface area (Å²) >= 11 is 0. The number of amides is 1. The van der Waals surface area contributed by atoms with E-state index in [-0.39, 0.29) is 6.54 Å². The highest BCUT2D eigenvalue weighted by atomic mass is 16.6. The van der Waals surface area contributed by atoms with Crippen LogP contribution in [-0.2, 0) is 11.3 Å². The molecular weight excluding hydrogens is 150 g/mol. The Morgan fingerprint density at radius 3 is 2.73 bits per heavy atom. The third kappa shape index (κ3) is 1.70. The molecule has 0 aliphatic rings. The molecule has 0 bridgehead atoms. The van der Waals surface area contributed by atoms with E-state index in [4.69, 9.17) is 0 Å². The number of rotatable bonds is 3. The molecule has 5 heteroatoms. The number of nitrogens with one attached hydrogen (secondary N) is 1. The van der Waals surface area contributed by atoms with Crippen LogP contribution in [0.1, 0.15) is 11.5 Å². The predicted octanol–water partition coefficient (Wildman–Crippen LogP) is -0.302. The Balaban J connectivity index is 2.77. The molecule has 1 heterocycles. The maximum Gasteiger partial charge on any atom is 0.519 e. The lowest BCUT2D eigenvalue weighted by Crippen LogP contribution is -2.09. The van der Waals surface area contributed by atoms with Gasteiger partial charge in [0.2, 0.25) is 0 Å². The molecule has 59 valence electrons. The van der Waals surface area contributed by atoms with Gasteiger partial charge in [0, 0.05) is 0 Å². The van der Waals surface area contributed by atoms with Crippen molar-refractivity contribution in [1.29, 1.82) is 0 Å². The summed E-state index contributed by atoms with van der Waals surface area (Å²) in [6.07, 6.45) is 1.45. The summed E-state index contributed by atoms with van der Waals surface area (Å²) in [6.45, 7) is 1.70. The van der Waals surface area contributed by atoms with Gasteiger partial charge < -0.3 is 14.2 Å². The first kappa shape index (κ1) is 7.59. The molecule has 0 aliphatic heterocycles. The van der Waals surface area contributed by atoms with Crippen molar-refractivity contribution in [3.63, 3.8) is 0 Å². The summed E-state index contributed by atoms with van der Waals surface area (Å²) in [5.74, 6) is -0.0682. The quantitative estimate of drug-likeness (QED) is 0.609. The minimum absolute atomic E-state index is 0.126. The smallest absolute Gasteiger partial charge is 0.396 e. The maximum atomic E-state index is 10.4. The van der Waals surface area contributed by atoms with Crippen LogP contribution >= 0.6 is 0 Å². The van der Waals surface area contributed by atoms with E-state index in [9.17, 15) is 9.59 Å². The molecule has 0 unspecified atom stereocenters. The Labute approximate surface area is 62.0 Å². The molecule has 1 N–H and O–H groups in total. The maximum absolute atomic E-state index is 10.4. The highest BCUT2D eigenvalue weighted by Crippen LogP contribution is 2.02. The highest BCUT2D eigenvalue weighted by Gasteiger charge is 2.06. The monoisotopic (exact) mass is 156 g/mol. The molecule has 0 aromatic carbocycles. The van der Waals surface area contributed by atoms with Crippen molar-refractivity contribution in [2.75, 3.05) is 0 Å². The van der Waals surface area contributed by atoms with E-state index >= 15 is 0 Å². The molecule has 5 nitrogen and oxygen atoms in total. The number of carbonyl (C=O) groups excluding carboxylic acids is 1. The molecule has 1 rings (SSSR count). The van der Waals surface area contributed by atoms with Crippen LogP contribution in [0.25, 0.3) is 0 Å². The molecule has 0 spiro atoms. The molecule has 0 atom stereocenters. The fourth-order valence-electron chi connectivity index (χ4n) is 0.652. The summed E-state index contributed by atoms with van der Waals surface area (Å²) in [5, 5.41) is 2.22. The molecule has 0 fully saturated rings. The van der Waals surface area contributed by atoms with Gasteiger partial charge in [-0.25, -0.2) is 4.79 Å². The second kappa shape index (κ2) is 3.05. The predicted molar refractivity (Wildman–Crippen MR) is 34.5 cm³/mol. The van der Waals surface area contributed by atoms with E-state index in [2.05, 4.69) is 14.2 Å². The molecule has 1 aromatic heterocycles. The standard InChI is InChI=1S/C6H6NO4/c1-4-5(2-7-3-8)11-6(9)10-4/h2H2,1H3,(H,7,8). The minimum Gasteiger partial charge on any atom is -0.396 e. The van der Waals surface area contributed by atoms with Crippen molar-refractivity contribution in [3.05, 3.63) is 22.1 Å². The van der Waals surface area contributed by atoms with Crippen LogP contribution < -0.4 is 11.1 Å². The Morgan fingerprint density at radius 1 is 1.55 bits per heavy atom. The zero-order chi connectivity index (χ0) is 8.27. The van der Waals surface area contributed by atoms with Crippen molar-refractivity contribution < 1.29 is 13.6 Å². The van der Waals surface area contributed by atoms with Crippen molar-refractivity contribution in [2.24, 2.45) is 0 Å². The first-order chi connectivity index (χ1) is 5.24. The molecule has 11 heavy (non-hydrogen) atoms. The van der Waals surface area contributed by atoms with E-state index in [1.165, 1.54) is 6.41 Å². The van der Waals surface area contributed by atoms with Gasteiger partial charge in [-0.05, 0) is 6.92 Å². The van der Waals surface area contributed by atoms with Crippen LogP contribution in [0.4, 0.5) is 0 Å². The van der Waals surface area contributed by atoms with Gasteiger partial charge in [0.25, 0.3) is 0 Å². The van der Waals surface area contributed by atoms with E-state index in [1.54, 1.807) is 6.92 Å². The van der Waals surface area contributed by atoms with E-state index < -0.39 is 5.82 Å². The van der Waals surface area contributed by atoms with Gasteiger partial charge >= 0.3 is 12.2 Å².